The number of hydrogen-bond acceptors (Lipinski definition) is 3. The fourth-order valence-corrected chi connectivity index (χ4v) is 1.91. The van der Waals surface area contributed by atoms with Crippen molar-refractivity contribution in [1.29, 1.82) is 0 Å². The number of fused-ring (bicyclic) bond motifs is 1. The predicted octanol–water partition coefficient (Wildman–Crippen LogP) is 3.31. The Labute approximate surface area is 105 Å². The lowest BCUT2D eigenvalue weighted by atomic mass is 10.1. The van der Waals surface area contributed by atoms with Gasteiger partial charge in [0, 0.05) is 23.2 Å². The number of rotatable bonds is 2. The smallest absolute Gasteiger partial charge is 0.213 e. The van der Waals surface area contributed by atoms with Gasteiger partial charge < -0.3 is 4.74 Å². The summed E-state index contributed by atoms with van der Waals surface area (Å²) < 4.78 is 5.11. The zero-order valence-corrected chi connectivity index (χ0v) is 10.00. The van der Waals surface area contributed by atoms with Crippen LogP contribution in [0.3, 0.4) is 0 Å². The Hall–Kier alpha value is -2.42. The van der Waals surface area contributed by atoms with E-state index in [-0.39, 0.29) is 0 Å². The van der Waals surface area contributed by atoms with Gasteiger partial charge in [-0.15, -0.1) is 0 Å². The van der Waals surface area contributed by atoms with Crippen molar-refractivity contribution in [2.75, 3.05) is 7.11 Å². The van der Waals surface area contributed by atoms with Gasteiger partial charge in [0.2, 0.25) is 5.88 Å². The van der Waals surface area contributed by atoms with E-state index in [1.165, 1.54) is 0 Å². The van der Waals surface area contributed by atoms with Gasteiger partial charge in [0.15, 0.2) is 0 Å². The standard InChI is InChI=1S/C15H12N2O/c1-18-15-8-6-12-10-11(5-7-14(12)17-15)13-4-2-3-9-16-13/h2-10H,1H3. The number of nitrogens with zero attached hydrogens (tertiary/aromatic N) is 2. The zero-order chi connectivity index (χ0) is 12.4. The molecule has 0 aliphatic heterocycles. The summed E-state index contributed by atoms with van der Waals surface area (Å²) in [6, 6.07) is 15.9. The number of ether oxygens (including phenoxy) is 1. The molecule has 18 heavy (non-hydrogen) atoms. The molecule has 0 fully saturated rings. The van der Waals surface area contributed by atoms with Crippen molar-refractivity contribution < 1.29 is 4.74 Å². The van der Waals surface area contributed by atoms with E-state index in [1.807, 2.05) is 42.5 Å². The van der Waals surface area contributed by atoms with Crippen LogP contribution in [-0.2, 0) is 0 Å². The van der Waals surface area contributed by atoms with E-state index in [0.29, 0.717) is 5.88 Å². The highest BCUT2D eigenvalue weighted by molar-refractivity contribution is 5.84. The van der Waals surface area contributed by atoms with Crippen LogP contribution in [0.5, 0.6) is 5.88 Å². The molecule has 0 saturated carbocycles. The van der Waals surface area contributed by atoms with Crippen LogP contribution < -0.4 is 4.74 Å². The largest absolute Gasteiger partial charge is 0.481 e. The third kappa shape index (κ3) is 1.91. The summed E-state index contributed by atoms with van der Waals surface area (Å²) in [5, 5.41) is 1.08. The maximum atomic E-state index is 5.11. The summed E-state index contributed by atoms with van der Waals surface area (Å²) in [7, 11) is 1.62. The molecule has 88 valence electrons. The molecule has 0 N–H and O–H groups in total. The van der Waals surface area contributed by atoms with Gasteiger partial charge >= 0.3 is 0 Å². The highest BCUT2D eigenvalue weighted by Gasteiger charge is 2.02. The van der Waals surface area contributed by atoms with Crippen molar-refractivity contribution in [3.63, 3.8) is 0 Å². The normalized spacial score (nSPS) is 10.5. The van der Waals surface area contributed by atoms with Gasteiger partial charge in [-0.2, -0.15) is 0 Å². The predicted molar refractivity (Wildman–Crippen MR) is 71.5 cm³/mol. The SMILES string of the molecule is COc1ccc2cc(-c3ccccn3)ccc2n1. The van der Waals surface area contributed by atoms with Gasteiger partial charge in [-0.05, 0) is 30.3 Å². The van der Waals surface area contributed by atoms with Crippen LogP contribution in [-0.4, -0.2) is 17.1 Å². The van der Waals surface area contributed by atoms with Crippen molar-refractivity contribution >= 4 is 10.9 Å². The summed E-state index contributed by atoms with van der Waals surface area (Å²) >= 11 is 0. The van der Waals surface area contributed by atoms with Crippen molar-refractivity contribution in [3.8, 4) is 17.1 Å². The molecule has 3 rings (SSSR count). The van der Waals surface area contributed by atoms with Crippen LogP contribution >= 0.6 is 0 Å². The van der Waals surface area contributed by atoms with Crippen molar-refractivity contribution in [2.45, 2.75) is 0 Å². The van der Waals surface area contributed by atoms with Gasteiger partial charge in [0.1, 0.15) is 0 Å². The molecule has 0 radical (unpaired) electrons. The molecular weight excluding hydrogens is 224 g/mol. The molecule has 3 heteroatoms. The molecule has 0 atom stereocenters. The summed E-state index contributed by atoms with van der Waals surface area (Å²) in [6.45, 7) is 0. The zero-order valence-electron chi connectivity index (χ0n) is 10.00. The van der Waals surface area contributed by atoms with Crippen molar-refractivity contribution in [2.24, 2.45) is 0 Å². The molecule has 2 heterocycles. The Kier molecular flexibility index (Phi) is 2.65. The van der Waals surface area contributed by atoms with Gasteiger partial charge in [0.05, 0.1) is 18.3 Å². The summed E-state index contributed by atoms with van der Waals surface area (Å²) in [5.41, 5.74) is 2.99. The van der Waals surface area contributed by atoms with Gasteiger partial charge in [-0.3, -0.25) is 4.98 Å². The molecule has 2 aromatic heterocycles. The van der Waals surface area contributed by atoms with Crippen LogP contribution in [0.4, 0.5) is 0 Å². The Morgan fingerprint density at radius 1 is 1.00 bits per heavy atom. The lowest BCUT2D eigenvalue weighted by molar-refractivity contribution is 0.399. The van der Waals surface area contributed by atoms with Crippen LogP contribution in [0.2, 0.25) is 0 Å². The highest BCUT2D eigenvalue weighted by atomic mass is 16.5. The van der Waals surface area contributed by atoms with Crippen LogP contribution in [0, 0.1) is 0 Å². The lowest BCUT2D eigenvalue weighted by Crippen LogP contribution is -1.88. The van der Waals surface area contributed by atoms with Crippen molar-refractivity contribution in [3.05, 3.63) is 54.7 Å². The number of aromatic nitrogens is 2. The third-order valence-corrected chi connectivity index (χ3v) is 2.83. The Morgan fingerprint density at radius 2 is 1.94 bits per heavy atom. The lowest BCUT2D eigenvalue weighted by Gasteiger charge is -2.04. The quantitative estimate of drug-likeness (QED) is 0.684. The molecule has 1 aromatic carbocycles. The minimum Gasteiger partial charge on any atom is -0.481 e. The van der Waals surface area contributed by atoms with E-state index in [0.717, 1.165) is 22.2 Å². The first-order chi connectivity index (χ1) is 8.86. The van der Waals surface area contributed by atoms with E-state index >= 15 is 0 Å². The number of hydrogen-bond donors (Lipinski definition) is 0. The Bertz CT molecular complexity index is 680. The molecule has 3 aromatic rings. The van der Waals surface area contributed by atoms with Crippen LogP contribution in [0.25, 0.3) is 22.2 Å². The maximum absolute atomic E-state index is 5.11. The van der Waals surface area contributed by atoms with E-state index in [9.17, 15) is 0 Å². The second-order valence-electron chi connectivity index (χ2n) is 3.98. The van der Waals surface area contributed by atoms with Gasteiger partial charge in [0.25, 0.3) is 0 Å². The highest BCUT2D eigenvalue weighted by Crippen LogP contribution is 2.23. The third-order valence-electron chi connectivity index (χ3n) is 2.83. The molecule has 3 nitrogen and oxygen atoms in total. The minimum atomic E-state index is 0.632. The Balaban J connectivity index is 2.12. The van der Waals surface area contributed by atoms with E-state index in [2.05, 4.69) is 16.0 Å². The molecule has 0 saturated heterocycles. The molecule has 0 bridgehead atoms. The average molecular weight is 236 g/mol. The number of benzene rings is 1. The average Bonchev–Trinajstić information content (AvgIpc) is 2.47. The molecule has 0 unspecified atom stereocenters. The van der Waals surface area contributed by atoms with Crippen molar-refractivity contribution in [1.82, 2.24) is 9.97 Å². The molecular formula is C15H12N2O. The first kappa shape index (κ1) is 10.7. The van der Waals surface area contributed by atoms with E-state index in [4.69, 9.17) is 4.74 Å². The Morgan fingerprint density at radius 3 is 2.72 bits per heavy atom. The van der Waals surface area contributed by atoms with Gasteiger partial charge in [-0.25, -0.2) is 4.98 Å². The fraction of sp³-hybridized carbons (Fsp3) is 0.0667. The topological polar surface area (TPSA) is 35.0 Å². The monoisotopic (exact) mass is 236 g/mol. The van der Waals surface area contributed by atoms with Crippen LogP contribution in [0.1, 0.15) is 0 Å². The second-order valence-corrected chi connectivity index (χ2v) is 3.98. The number of pyridine rings is 2. The first-order valence-corrected chi connectivity index (χ1v) is 5.73. The molecule has 0 amide bonds. The molecule has 0 aliphatic rings. The summed E-state index contributed by atoms with van der Waals surface area (Å²) in [6.07, 6.45) is 1.80. The first-order valence-electron chi connectivity index (χ1n) is 5.73. The van der Waals surface area contributed by atoms with Crippen LogP contribution in [0.15, 0.2) is 54.7 Å². The van der Waals surface area contributed by atoms with Gasteiger partial charge in [-0.1, -0.05) is 12.1 Å². The van der Waals surface area contributed by atoms with E-state index in [1.54, 1.807) is 13.3 Å². The summed E-state index contributed by atoms with van der Waals surface area (Å²) in [4.78, 5) is 8.73. The summed E-state index contributed by atoms with van der Waals surface area (Å²) in [5.74, 6) is 0.632. The molecule has 0 aliphatic carbocycles. The molecule has 0 spiro atoms. The number of methoxy groups -OCH3 is 1. The fourth-order valence-electron chi connectivity index (χ4n) is 1.91. The second kappa shape index (κ2) is 4.45. The minimum absolute atomic E-state index is 0.632. The maximum Gasteiger partial charge on any atom is 0.213 e. The van der Waals surface area contributed by atoms with E-state index < -0.39 is 0 Å².